The Bertz CT molecular complexity index is 3160. The van der Waals surface area contributed by atoms with Crippen LogP contribution in [-0.4, -0.2) is 15.9 Å². The smallest absolute Gasteiger partial charge is 0.332 e. The summed E-state index contributed by atoms with van der Waals surface area (Å²) >= 11 is 0. The number of rotatable bonds is 3. The number of hydrogen-bond donors (Lipinski definition) is 0. The summed E-state index contributed by atoms with van der Waals surface area (Å²) in [5, 5.41) is 6.02. The SMILES string of the molecule is CC1(c2ccccc2)C=Cc2c(n(B3c4ccccc4-n4c5ccc6c7ccccc7oc6c5c5cccc3c54)c3cc(-c4ccccc4)ccc23)C1. The van der Waals surface area contributed by atoms with Gasteiger partial charge in [-0.15, -0.1) is 0 Å². The first-order chi connectivity index (χ1) is 26.2. The summed E-state index contributed by atoms with van der Waals surface area (Å²) < 4.78 is 11.9. The zero-order valence-electron chi connectivity index (χ0n) is 29.3. The van der Waals surface area contributed by atoms with E-state index in [0.717, 1.165) is 28.4 Å². The lowest BCUT2D eigenvalue weighted by Gasteiger charge is -2.34. The minimum atomic E-state index is -0.148. The van der Waals surface area contributed by atoms with E-state index in [1.54, 1.807) is 0 Å². The van der Waals surface area contributed by atoms with Crippen LogP contribution in [0.4, 0.5) is 0 Å². The van der Waals surface area contributed by atoms with E-state index in [-0.39, 0.29) is 12.3 Å². The third-order valence-electron chi connectivity index (χ3n) is 12.2. The summed E-state index contributed by atoms with van der Waals surface area (Å²) in [4.78, 5) is 0. The van der Waals surface area contributed by atoms with Gasteiger partial charge in [0.2, 0.25) is 0 Å². The molecule has 1 unspecified atom stereocenters. The van der Waals surface area contributed by atoms with Crippen molar-refractivity contribution >= 4 is 78.5 Å². The highest BCUT2D eigenvalue weighted by atomic mass is 16.3. The first-order valence-corrected chi connectivity index (χ1v) is 18.6. The van der Waals surface area contributed by atoms with Gasteiger partial charge in [0.1, 0.15) is 11.2 Å². The molecule has 12 rings (SSSR count). The Morgan fingerprint density at radius 1 is 0.604 bits per heavy atom. The molecule has 3 nitrogen and oxygen atoms in total. The number of furan rings is 1. The van der Waals surface area contributed by atoms with Crippen molar-refractivity contribution in [3.63, 3.8) is 0 Å². The van der Waals surface area contributed by atoms with Gasteiger partial charge in [-0.25, -0.2) is 0 Å². The highest BCUT2D eigenvalue weighted by molar-refractivity contribution is 6.87. The predicted molar refractivity (Wildman–Crippen MR) is 222 cm³/mol. The number of para-hydroxylation sites is 3. The van der Waals surface area contributed by atoms with Crippen molar-refractivity contribution in [2.75, 3.05) is 0 Å². The molecule has 1 atom stereocenters. The lowest BCUT2D eigenvalue weighted by molar-refractivity contribution is 0.576. The van der Waals surface area contributed by atoms with Gasteiger partial charge in [0.25, 0.3) is 0 Å². The van der Waals surface area contributed by atoms with Crippen molar-refractivity contribution in [2.45, 2.75) is 18.8 Å². The lowest BCUT2D eigenvalue weighted by atomic mass is 9.48. The Morgan fingerprint density at radius 2 is 1.34 bits per heavy atom. The summed E-state index contributed by atoms with van der Waals surface area (Å²) in [6, 6.07) is 57.8. The van der Waals surface area contributed by atoms with E-state index in [0.29, 0.717) is 0 Å². The summed E-state index contributed by atoms with van der Waals surface area (Å²) in [5.41, 5.74) is 15.8. The molecule has 1 aliphatic heterocycles. The molecule has 10 aromatic rings. The molecule has 1 aliphatic carbocycles. The molecular formula is C49H33BN2O. The fourth-order valence-corrected chi connectivity index (χ4v) is 9.75. The molecule has 53 heavy (non-hydrogen) atoms. The van der Waals surface area contributed by atoms with E-state index < -0.39 is 0 Å². The molecule has 0 amide bonds. The van der Waals surface area contributed by atoms with E-state index in [2.05, 4.69) is 186 Å². The molecule has 0 saturated carbocycles. The highest BCUT2D eigenvalue weighted by Gasteiger charge is 2.40. The quantitative estimate of drug-likeness (QED) is 0.171. The van der Waals surface area contributed by atoms with E-state index >= 15 is 0 Å². The maximum absolute atomic E-state index is 6.71. The summed E-state index contributed by atoms with van der Waals surface area (Å²) in [5.74, 6) is 0. The molecule has 7 aromatic carbocycles. The molecule has 3 aromatic heterocycles. The van der Waals surface area contributed by atoms with Crippen molar-refractivity contribution in [3.05, 3.63) is 181 Å². The van der Waals surface area contributed by atoms with Crippen LogP contribution in [0.1, 0.15) is 23.7 Å². The third-order valence-corrected chi connectivity index (χ3v) is 12.2. The van der Waals surface area contributed by atoms with Gasteiger partial charge < -0.3 is 13.5 Å². The molecule has 248 valence electrons. The van der Waals surface area contributed by atoms with Crippen molar-refractivity contribution in [3.8, 4) is 16.8 Å². The Labute approximate surface area is 307 Å². The normalized spacial score (nSPS) is 16.3. The zero-order valence-corrected chi connectivity index (χ0v) is 29.3. The van der Waals surface area contributed by atoms with Crippen LogP contribution in [0.25, 0.3) is 77.5 Å². The molecule has 2 aliphatic rings. The van der Waals surface area contributed by atoms with E-state index in [1.807, 2.05) is 0 Å². The molecular weight excluding hydrogens is 643 g/mol. The Balaban J connectivity index is 1.20. The average molecular weight is 677 g/mol. The van der Waals surface area contributed by atoms with Crippen LogP contribution >= 0.6 is 0 Å². The van der Waals surface area contributed by atoms with Gasteiger partial charge >= 0.3 is 6.85 Å². The molecule has 4 heterocycles. The van der Waals surface area contributed by atoms with Gasteiger partial charge in [0.15, 0.2) is 0 Å². The van der Waals surface area contributed by atoms with Crippen molar-refractivity contribution < 1.29 is 4.42 Å². The number of benzene rings is 7. The fraction of sp³-hybridized carbons (Fsp3) is 0.0612. The van der Waals surface area contributed by atoms with E-state index in [4.69, 9.17) is 4.42 Å². The lowest BCUT2D eigenvalue weighted by Crippen LogP contribution is -2.54. The van der Waals surface area contributed by atoms with Gasteiger partial charge in [0, 0.05) is 55.8 Å². The Hall–Kier alpha value is -6.52. The second-order valence-corrected chi connectivity index (χ2v) is 15.1. The third kappa shape index (κ3) is 3.90. The van der Waals surface area contributed by atoms with E-state index in [9.17, 15) is 0 Å². The van der Waals surface area contributed by atoms with Crippen LogP contribution in [0.15, 0.2) is 168 Å². The number of nitrogens with zero attached hydrogens (tertiary/aromatic N) is 2. The van der Waals surface area contributed by atoms with Crippen LogP contribution < -0.4 is 10.9 Å². The van der Waals surface area contributed by atoms with Crippen molar-refractivity contribution in [2.24, 2.45) is 0 Å². The topological polar surface area (TPSA) is 23.0 Å². The summed E-state index contributed by atoms with van der Waals surface area (Å²) in [6.07, 6.45) is 5.73. The number of fused-ring (bicyclic) bond motifs is 12. The van der Waals surface area contributed by atoms with Crippen LogP contribution in [0.5, 0.6) is 0 Å². The zero-order chi connectivity index (χ0) is 34.8. The second-order valence-electron chi connectivity index (χ2n) is 15.1. The van der Waals surface area contributed by atoms with Gasteiger partial charge in [0.05, 0.1) is 16.4 Å². The molecule has 0 bridgehead atoms. The van der Waals surface area contributed by atoms with Crippen molar-refractivity contribution in [1.29, 1.82) is 0 Å². The number of hydrogen-bond acceptors (Lipinski definition) is 1. The largest absolute Gasteiger partial charge is 0.455 e. The van der Waals surface area contributed by atoms with Gasteiger partial charge in [-0.3, -0.25) is 0 Å². The van der Waals surface area contributed by atoms with Crippen LogP contribution in [0.3, 0.4) is 0 Å². The Kier molecular flexibility index (Phi) is 5.78. The van der Waals surface area contributed by atoms with Crippen LogP contribution in [0, 0.1) is 0 Å². The average Bonchev–Trinajstić information content (AvgIpc) is 3.87. The summed E-state index contributed by atoms with van der Waals surface area (Å²) in [6.45, 7) is 2.35. The van der Waals surface area contributed by atoms with Crippen LogP contribution in [-0.2, 0) is 11.8 Å². The maximum atomic E-state index is 6.71. The molecule has 0 N–H and O–H groups in total. The van der Waals surface area contributed by atoms with Gasteiger partial charge in [-0.2, -0.15) is 0 Å². The monoisotopic (exact) mass is 676 g/mol. The second kappa shape index (κ2) is 10.5. The maximum Gasteiger partial charge on any atom is 0.332 e. The Morgan fingerprint density at radius 3 is 2.23 bits per heavy atom. The standard InChI is InChI=1S/C49H33BN2O/c1-49(33-15-6-3-7-16-33)28-27-35-34-24-23-32(31-13-4-2-5-14-31)29-43(34)52(44(35)30-49)50-39-19-9-10-21-41(39)51-42-26-25-37-36-17-8-11-22-45(36)53-48(37)46(42)38-18-12-20-40(50)47(38)51/h2-29H,30H2,1H3. The molecule has 0 radical (unpaired) electrons. The molecule has 0 spiro atoms. The fourth-order valence-electron chi connectivity index (χ4n) is 9.75. The number of aromatic nitrogens is 2. The first-order valence-electron chi connectivity index (χ1n) is 18.6. The molecule has 0 saturated heterocycles. The first kappa shape index (κ1) is 29.1. The van der Waals surface area contributed by atoms with Crippen LogP contribution in [0.2, 0.25) is 0 Å². The summed E-state index contributed by atoms with van der Waals surface area (Å²) in [7, 11) is 0. The predicted octanol–water partition coefficient (Wildman–Crippen LogP) is 10.8. The minimum Gasteiger partial charge on any atom is -0.455 e. The molecule has 4 heteroatoms. The minimum absolute atomic E-state index is 0.0401. The van der Waals surface area contributed by atoms with Gasteiger partial charge in [-0.05, 0) is 57.9 Å². The highest BCUT2D eigenvalue weighted by Crippen LogP contribution is 2.44. The molecule has 0 fully saturated rings. The van der Waals surface area contributed by atoms with Gasteiger partial charge in [-0.1, -0.05) is 146 Å². The van der Waals surface area contributed by atoms with Crippen molar-refractivity contribution in [1.82, 2.24) is 9.05 Å². The number of allylic oxidation sites excluding steroid dienone is 1. The van der Waals surface area contributed by atoms with E-state index in [1.165, 1.54) is 77.3 Å².